The largest absolute Gasteiger partial charge is 0.490 e. The molecule has 2 aliphatic carbocycles. The van der Waals surface area contributed by atoms with Gasteiger partial charge in [0.2, 0.25) is 0 Å². The molecule has 0 radical (unpaired) electrons. The molecule has 51 heavy (non-hydrogen) atoms. The highest BCUT2D eigenvalue weighted by atomic mass is 35.5. The monoisotopic (exact) mass is 739 g/mol. The molecule has 11 nitrogen and oxygen atoms in total. The van der Waals surface area contributed by atoms with Crippen LogP contribution < -0.4 is 14.4 Å². The fourth-order valence-corrected chi connectivity index (χ4v) is 9.57. The molecule has 13 heteroatoms. The lowest BCUT2D eigenvalue weighted by molar-refractivity contribution is -0.128. The maximum absolute atomic E-state index is 13.8. The maximum atomic E-state index is 13.8. The second-order valence-corrected chi connectivity index (χ2v) is 18.0. The van der Waals surface area contributed by atoms with Crippen molar-refractivity contribution in [3.63, 3.8) is 0 Å². The Morgan fingerprint density at radius 2 is 1.88 bits per heavy atom. The zero-order valence-corrected chi connectivity index (χ0v) is 31.8. The van der Waals surface area contributed by atoms with Gasteiger partial charge in [-0.1, -0.05) is 23.7 Å². The van der Waals surface area contributed by atoms with Crippen LogP contribution in [0.25, 0.3) is 0 Å². The quantitative estimate of drug-likeness (QED) is 0.440. The van der Waals surface area contributed by atoms with Crippen LogP contribution >= 0.6 is 11.6 Å². The van der Waals surface area contributed by atoms with Gasteiger partial charge in [0.15, 0.2) is 0 Å². The molecular weight excluding hydrogens is 690 g/mol. The Morgan fingerprint density at radius 3 is 2.61 bits per heavy atom. The van der Waals surface area contributed by atoms with Gasteiger partial charge in [0, 0.05) is 55.1 Å². The maximum Gasteiger partial charge on any atom is 0.410 e. The molecule has 1 saturated carbocycles. The molecule has 2 aromatic carbocycles. The number of halogens is 1. The van der Waals surface area contributed by atoms with Crippen LogP contribution in [0.15, 0.2) is 53.4 Å². The Labute approximate surface area is 306 Å². The molecule has 3 aliphatic heterocycles. The van der Waals surface area contributed by atoms with Crippen molar-refractivity contribution in [2.75, 3.05) is 65.4 Å². The summed E-state index contributed by atoms with van der Waals surface area (Å²) >= 11 is 6.45. The van der Waals surface area contributed by atoms with Gasteiger partial charge in [0.25, 0.3) is 15.9 Å². The highest BCUT2D eigenvalue weighted by Crippen LogP contribution is 2.47. The van der Waals surface area contributed by atoms with E-state index in [2.05, 4.69) is 26.7 Å². The summed E-state index contributed by atoms with van der Waals surface area (Å²) in [6.07, 6.45) is 7.82. The number of carbonyl (C=O) groups is 2. The van der Waals surface area contributed by atoms with Crippen molar-refractivity contribution >= 4 is 39.3 Å². The van der Waals surface area contributed by atoms with E-state index in [1.807, 2.05) is 32.3 Å². The Balaban J connectivity index is 1.27. The molecule has 3 heterocycles. The van der Waals surface area contributed by atoms with Crippen LogP contribution in [0.4, 0.5) is 10.5 Å². The Morgan fingerprint density at radius 1 is 1.10 bits per heavy atom. The summed E-state index contributed by atoms with van der Waals surface area (Å²) in [6.45, 7) is 6.69. The molecule has 2 bridgehead atoms. The van der Waals surface area contributed by atoms with E-state index in [-0.39, 0.29) is 28.2 Å². The second-order valence-electron chi connectivity index (χ2n) is 15.9. The molecule has 276 valence electrons. The first-order valence-corrected chi connectivity index (χ1v) is 19.9. The SMILES string of the molecule is CN(C)C1CN(C(=O)O[C@H]2/C=C/CN(C)C(C)(C)C(=O)NS(=O)(=O)c3ccc4c(c3)N(C[C@@H]3CC[C@H]32)C[C@@]2(CCCc3cc(Cl)ccc32)CO4)C1. The van der Waals surface area contributed by atoms with E-state index in [1.165, 1.54) is 17.2 Å². The third-order valence-corrected chi connectivity index (χ3v) is 13.8. The van der Waals surface area contributed by atoms with Crippen LogP contribution in [0.1, 0.15) is 50.7 Å². The standard InChI is InChI=1S/C38H50ClN5O6S/c1-37(2)35(45)40-51(47,48)29-12-15-34-32(19-29)44(23-38(24-49-34)16-6-8-25-18-27(39)11-14-31(25)38)20-26-10-13-30(26)33(9-7-17-42(37)5)50-36(46)43-21-28(22-43)41(3)4/h7,9,11-12,14-15,18-19,26,28,30,33H,6,8,10,13,16-17,20-24H2,1-5H3,(H,40,45)/b9-7+/t26-,30+,33-,38-/m0/s1. The molecular formula is C38H50ClN5O6S. The van der Waals surface area contributed by atoms with Crippen molar-refractivity contribution in [2.45, 2.75) is 73.9 Å². The first-order valence-electron chi connectivity index (χ1n) is 18.0. The minimum atomic E-state index is -4.21. The number of rotatable bonds is 2. The molecule has 1 N–H and O–H groups in total. The summed E-state index contributed by atoms with van der Waals surface area (Å²) < 4.78 is 42.8. The zero-order chi connectivity index (χ0) is 36.3. The first-order chi connectivity index (χ1) is 24.2. The van der Waals surface area contributed by atoms with Crippen molar-refractivity contribution in [1.82, 2.24) is 19.4 Å². The van der Waals surface area contributed by atoms with Crippen LogP contribution in [0.2, 0.25) is 5.02 Å². The van der Waals surface area contributed by atoms with Gasteiger partial charge in [-0.05, 0) is 121 Å². The third kappa shape index (κ3) is 6.84. The number of fused-ring (bicyclic) bond motifs is 4. The number of benzene rings is 2. The average Bonchev–Trinajstić information content (AvgIpc) is 3.18. The second kappa shape index (κ2) is 13.6. The highest BCUT2D eigenvalue weighted by Gasteiger charge is 2.46. The summed E-state index contributed by atoms with van der Waals surface area (Å²) in [4.78, 5) is 35.0. The molecule has 0 aromatic heterocycles. The van der Waals surface area contributed by atoms with Crippen molar-refractivity contribution in [3.05, 3.63) is 64.7 Å². The molecule has 0 unspecified atom stereocenters. The van der Waals surface area contributed by atoms with Crippen molar-refractivity contribution in [3.8, 4) is 5.75 Å². The average molecular weight is 740 g/mol. The summed E-state index contributed by atoms with van der Waals surface area (Å²) in [6, 6.07) is 11.3. The number of amides is 2. The highest BCUT2D eigenvalue weighted by molar-refractivity contribution is 7.90. The number of likely N-dealkylation sites (tertiary alicyclic amines) is 1. The van der Waals surface area contributed by atoms with E-state index in [4.69, 9.17) is 21.1 Å². The topological polar surface area (TPSA) is 112 Å². The smallest absolute Gasteiger partial charge is 0.410 e. The van der Waals surface area contributed by atoms with E-state index >= 15 is 0 Å². The van der Waals surface area contributed by atoms with Crippen molar-refractivity contribution < 1.29 is 27.5 Å². The van der Waals surface area contributed by atoms with Gasteiger partial charge in [-0.2, -0.15) is 0 Å². The number of hydrogen-bond donors (Lipinski definition) is 1. The number of nitrogens with one attached hydrogen (secondary N) is 1. The number of nitrogens with zero attached hydrogens (tertiary/aromatic N) is 4. The van der Waals surface area contributed by atoms with Gasteiger partial charge in [-0.3, -0.25) is 9.69 Å². The minimum Gasteiger partial charge on any atom is -0.490 e. The van der Waals surface area contributed by atoms with Crippen LogP contribution in [-0.2, 0) is 31.4 Å². The van der Waals surface area contributed by atoms with E-state index in [0.717, 1.165) is 32.1 Å². The predicted molar refractivity (Wildman–Crippen MR) is 197 cm³/mol. The molecule has 2 aromatic rings. The summed E-state index contributed by atoms with van der Waals surface area (Å²) in [5.41, 5.74) is 1.61. The van der Waals surface area contributed by atoms with E-state index < -0.39 is 27.6 Å². The van der Waals surface area contributed by atoms with Gasteiger partial charge in [-0.25, -0.2) is 17.9 Å². The number of anilines is 1. The lowest BCUT2D eigenvalue weighted by Gasteiger charge is -2.47. The lowest BCUT2D eigenvalue weighted by atomic mass is 9.68. The van der Waals surface area contributed by atoms with Crippen LogP contribution in [0, 0.1) is 11.8 Å². The molecule has 2 fully saturated rings. The number of sulfonamides is 1. The van der Waals surface area contributed by atoms with Gasteiger partial charge < -0.3 is 24.2 Å². The van der Waals surface area contributed by atoms with Gasteiger partial charge >= 0.3 is 6.09 Å². The predicted octanol–water partition coefficient (Wildman–Crippen LogP) is 4.68. The van der Waals surface area contributed by atoms with Crippen molar-refractivity contribution in [2.24, 2.45) is 11.8 Å². The number of carbonyl (C=O) groups excluding carboxylic acids is 2. The van der Waals surface area contributed by atoms with Gasteiger partial charge in [0.05, 0.1) is 22.7 Å². The zero-order valence-electron chi connectivity index (χ0n) is 30.2. The Bertz CT molecular complexity index is 1830. The minimum absolute atomic E-state index is 0.00274. The van der Waals surface area contributed by atoms with E-state index in [1.54, 1.807) is 42.8 Å². The van der Waals surface area contributed by atoms with Crippen molar-refractivity contribution in [1.29, 1.82) is 0 Å². The fraction of sp³-hybridized carbons (Fsp3) is 0.579. The van der Waals surface area contributed by atoms with Crippen LogP contribution in [-0.4, -0.2) is 113 Å². The number of likely N-dealkylation sites (N-methyl/N-ethyl adjacent to an activating group) is 2. The molecule has 4 atom stereocenters. The summed E-state index contributed by atoms with van der Waals surface area (Å²) in [5.74, 6) is 0.210. The van der Waals surface area contributed by atoms with Gasteiger partial charge in [-0.15, -0.1) is 0 Å². The summed E-state index contributed by atoms with van der Waals surface area (Å²) in [7, 11) is 1.61. The molecule has 7 rings (SSSR count). The Hall–Kier alpha value is -3.32. The summed E-state index contributed by atoms with van der Waals surface area (Å²) in [5, 5.41) is 0.710. The lowest BCUT2D eigenvalue weighted by Crippen LogP contribution is -2.60. The van der Waals surface area contributed by atoms with Crippen LogP contribution in [0.5, 0.6) is 5.75 Å². The van der Waals surface area contributed by atoms with E-state index in [9.17, 15) is 18.0 Å². The molecule has 1 saturated heterocycles. The fourth-order valence-electron chi connectivity index (χ4n) is 8.25. The number of aryl methyl sites for hydroxylation is 1. The number of ether oxygens (including phenoxy) is 2. The number of hydrogen-bond acceptors (Lipinski definition) is 9. The Kier molecular flexibility index (Phi) is 9.60. The molecule has 2 amide bonds. The first kappa shape index (κ1) is 36.1. The van der Waals surface area contributed by atoms with Crippen LogP contribution in [0.3, 0.4) is 0 Å². The third-order valence-electron chi connectivity index (χ3n) is 12.2. The van der Waals surface area contributed by atoms with Gasteiger partial charge in [0.1, 0.15) is 11.9 Å². The molecule has 5 aliphatic rings. The normalized spacial score (nSPS) is 29.8. The molecule has 1 spiro atoms. The van der Waals surface area contributed by atoms with E-state index in [0.29, 0.717) is 61.8 Å².